The van der Waals surface area contributed by atoms with Gasteiger partial charge in [0.2, 0.25) is 0 Å². The van der Waals surface area contributed by atoms with Crippen molar-refractivity contribution in [2.75, 3.05) is 11.9 Å². The van der Waals surface area contributed by atoms with E-state index in [9.17, 15) is 5.11 Å². The van der Waals surface area contributed by atoms with Gasteiger partial charge in [-0.2, -0.15) is 5.10 Å². The summed E-state index contributed by atoms with van der Waals surface area (Å²) in [5, 5.41) is 20.8. The van der Waals surface area contributed by atoms with Crippen molar-refractivity contribution in [1.29, 1.82) is 0 Å². The molecule has 7 heteroatoms. The van der Waals surface area contributed by atoms with E-state index in [0.717, 1.165) is 22.8 Å². The first-order chi connectivity index (χ1) is 11.5. The van der Waals surface area contributed by atoms with Crippen LogP contribution in [0.4, 0.5) is 5.82 Å². The molecule has 1 atom stereocenters. The highest BCUT2D eigenvalue weighted by atomic mass is 16.3. The highest BCUT2D eigenvalue weighted by molar-refractivity contribution is 5.97. The zero-order valence-corrected chi connectivity index (χ0v) is 14.3. The van der Waals surface area contributed by atoms with Gasteiger partial charge in [0.1, 0.15) is 17.8 Å². The van der Waals surface area contributed by atoms with Crippen LogP contribution in [-0.4, -0.2) is 37.9 Å². The molecule has 1 aliphatic rings. The monoisotopic (exact) mass is 328 g/mol. The molecule has 0 amide bonds. The summed E-state index contributed by atoms with van der Waals surface area (Å²) in [6, 6.07) is 3.97. The number of nitrogens with one attached hydrogen (secondary N) is 2. The van der Waals surface area contributed by atoms with Crippen molar-refractivity contribution in [2.24, 2.45) is 4.99 Å². The van der Waals surface area contributed by atoms with Gasteiger partial charge in [0.05, 0.1) is 18.3 Å². The number of rotatable bonds is 5. The molecule has 0 aliphatic carbocycles. The van der Waals surface area contributed by atoms with Crippen LogP contribution in [0.1, 0.15) is 37.6 Å². The number of aromatic nitrogens is 3. The van der Waals surface area contributed by atoms with Crippen LogP contribution in [0.5, 0.6) is 0 Å². The van der Waals surface area contributed by atoms with E-state index >= 15 is 0 Å². The fraction of sp³-hybridized carbons (Fsp3) is 0.471. The summed E-state index contributed by atoms with van der Waals surface area (Å²) >= 11 is 0. The minimum absolute atomic E-state index is 0.00315. The molecule has 0 fully saturated rings. The Balaban J connectivity index is 1.82. The van der Waals surface area contributed by atoms with Gasteiger partial charge in [-0.25, -0.2) is 4.68 Å². The average Bonchev–Trinajstić information content (AvgIpc) is 2.95. The Morgan fingerprint density at radius 2 is 2.29 bits per heavy atom. The number of aliphatic imine (C=N–C) groups is 1. The number of pyridine rings is 1. The van der Waals surface area contributed by atoms with E-state index in [0.29, 0.717) is 13.0 Å². The lowest BCUT2D eigenvalue weighted by molar-refractivity contribution is 0.222. The van der Waals surface area contributed by atoms with Crippen molar-refractivity contribution in [3.05, 3.63) is 41.9 Å². The third kappa shape index (κ3) is 3.63. The summed E-state index contributed by atoms with van der Waals surface area (Å²) in [5.74, 6) is 1.80. The van der Waals surface area contributed by atoms with Gasteiger partial charge in [-0.1, -0.05) is 6.07 Å². The highest BCUT2D eigenvalue weighted by Crippen LogP contribution is 2.27. The number of hydrogen-bond donors (Lipinski definition) is 3. The number of nitrogens with zero attached hydrogens (tertiary/aromatic N) is 4. The average molecular weight is 328 g/mol. The van der Waals surface area contributed by atoms with E-state index in [1.807, 2.05) is 50.0 Å². The van der Waals surface area contributed by atoms with Crippen molar-refractivity contribution in [2.45, 2.75) is 45.4 Å². The summed E-state index contributed by atoms with van der Waals surface area (Å²) in [5.41, 5.74) is 1.68. The smallest absolute Gasteiger partial charge is 0.134 e. The van der Waals surface area contributed by atoms with Crippen LogP contribution >= 0.6 is 0 Å². The lowest BCUT2D eigenvalue weighted by atomic mass is 10.1. The third-order valence-corrected chi connectivity index (χ3v) is 4.01. The summed E-state index contributed by atoms with van der Waals surface area (Å²) in [6.45, 7) is 6.55. The topological polar surface area (TPSA) is 87.4 Å². The fourth-order valence-electron chi connectivity index (χ4n) is 2.67. The molecule has 2 aromatic heterocycles. The summed E-state index contributed by atoms with van der Waals surface area (Å²) in [4.78, 5) is 8.82. The molecule has 3 N–H and O–H groups in total. The molecule has 0 saturated heterocycles. The molecule has 0 aromatic carbocycles. The molecule has 1 aliphatic heterocycles. The van der Waals surface area contributed by atoms with Crippen molar-refractivity contribution >= 4 is 11.7 Å². The summed E-state index contributed by atoms with van der Waals surface area (Å²) in [7, 11) is 0. The Hall–Kier alpha value is -2.25. The first-order valence-corrected chi connectivity index (χ1v) is 8.11. The van der Waals surface area contributed by atoms with Crippen molar-refractivity contribution in [1.82, 2.24) is 20.1 Å². The Kier molecular flexibility index (Phi) is 4.64. The van der Waals surface area contributed by atoms with Crippen molar-refractivity contribution in [3.8, 4) is 0 Å². The van der Waals surface area contributed by atoms with Gasteiger partial charge in [0.25, 0.3) is 0 Å². The van der Waals surface area contributed by atoms with Gasteiger partial charge in [-0.15, -0.1) is 0 Å². The van der Waals surface area contributed by atoms with E-state index in [-0.39, 0.29) is 12.8 Å². The molecule has 7 nitrogen and oxygen atoms in total. The molecule has 2 aromatic rings. The van der Waals surface area contributed by atoms with Crippen LogP contribution in [0.15, 0.2) is 35.7 Å². The number of fused-ring (bicyclic) bond motifs is 1. The number of hydrogen-bond acceptors (Lipinski definition) is 5. The molecular formula is C17H24N6O. The number of aliphatic hydroxyl groups is 1. The molecule has 3 heterocycles. The molecule has 0 bridgehead atoms. The van der Waals surface area contributed by atoms with Crippen molar-refractivity contribution in [3.63, 3.8) is 0 Å². The first-order valence-electron chi connectivity index (χ1n) is 8.11. The standard InChI is InChI=1S/C17H24N6O/c1-12-8-20-23-15(19-10-13-5-4-6-18-9-13)7-14(21-16(12)23)22-17(2,3)11-24/h4-6,8-9,15,19,24H,7,10-11H2,1-3H3,(H,21,22). The van der Waals surface area contributed by atoms with E-state index < -0.39 is 5.54 Å². The Morgan fingerprint density at radius 3 is 3.00 bits per heavy atom. The van der Waals surface area contributed by atoms with Crippen LogP contribution in [-0.2, 0) is 6.54 Å². The first kappa shape index (κ1) is 16.6. The van der Waals surface area contributed by atoms with Crippen LogP contribution in [0.3, 0.4) is 0 Å². The zero-order chi connectivity index (χ0) is 17.2. The second kappa shape index (κ2) is 6.70. The lowest BCUT2D eigenvalue weighted by Crippen LogP contribution is -2.38. The van der Waals surface area contributed by atoms with Crippen LogP contribution in [0.2, 0.25) is 0 Å². The summed E-state index contributed by atoms with van der Waals surface area (Å²) in [6.07, 6.45) is 6.15. The predicted octanol–water partition coefficient (Wildman–Crippen LogP) is 1.86. The predicted molar refractivity (Wildman–Crippen MR) is 93.9 cm³/mol. The second-order valence-corrected chi connectivity index (χ2v) is 6.74. The van der Waals surface area contributed by atoms with Crippen LogP contribution in [0, 0.1) is 6.92 Å². The minimum Gasteiger partial charge on any atom is -0.394 e. The van der Waals surface area contributed by atoms with Crippen LogP contribution < -0.4 is 10.6 Å². The molecule has 24 heavy (non-hydrogen) atoms. The van der Waals surface area contributed by atoms with E-state index in [1.165, 1.54) is 0 Å². The van der Waals surface area contributed by atoms with Gasteiger partial charge < -0.3 is 10.4 Å². The Morgan fingerprint density at radius 1 is 1.46 bits per heavy atom. The SMILES string of the molecule is Cc1cnn2c1NC(=NC(C)(C)CO)CC2NCc1cccnc1. The number of aryl methyl sites for hydroxylation is 1. The fourth-order valence-corrected chi connectivity index (χ4v) is 2.67. The van der Waals surface area contributed by atoms with Gasteiger partial charge in [-0.3, -0.25) is 15.3 Å². The van der Waals surface area contributed by atoms with E-state index in [2.05, 4.69) is 25.7 Å². The maximum atomic E-state index is 9.48. The molecule has 0 radical (unpaired) electrons. The Bertz CT molecular complexity index is 722. The van der Waals surface area contributed by atoms with Crippen molar-refractivity contribution < 1.29 is 5.11 Å². The van der Waals surface area contributed by atoms with Gasteiger partial charge in [0.15, 0.2) is 0 Å². The van der Waals surface area contributed by atoms with Gasteiger partial charge in [-0.05, 0) is 32.4 Å². The quantitative estimate of drug-likeness (QED) is 0.780. The molecule has 3 rings (SSSR count). The Labute approximate surface area is 141 Å². The maximum absolute atomic E-state index is 9.48. The normalized spacial score (nSPS) is 19.2. The second-order valence-electron chi connectivity index (χ2n) is 6.74. The number of amidine groups is 1. The number of anilines is 1. The van der Waals surface area contributed by atoms with Gasteiger partial charge in [0, 0.05) is 30.9 Å². The third-order valence-electron chi connectivity index (χ3n) is 4.01. The highest BCUT2D eigenvalue weighted by Gasteiger charge is 2.27. The molecule has 0 saturated carbocycles. The zero-order valence-electron chi connectivity index (χ0n) is 14.3. The van der Waals surface area contributed by atoms with Crippen LogP contribution in [0.25, 0.3) is 0 Å². The van der Waals surface area contributed by atoms with E-state index in [1.54, 1.807) is 6.20 Å². The molecule has 0 spiro atoms. The lowest BCUT2D eigenvalue weighted by Gasteiger charge is -2.30. The van der Waals surface area contributed by atoms with Gasteiger partial charge >= 0.3 is 0 Å². The number of aliphatic hydroxyl groups excluding tert-OH is 1. The summed E-state index contributed by atoms with van der Waals surface area (Å²) < 4.78 is 1.96. The maximum Gasteiger partial charge on any atom is 0.134 e. The molecule has 1 unspecified atom stereocenters. The molecular weight excluding hydrogens is 304 g/mol. The minimum atomic E-state index is -0.508. The largest absolute Gasteiger partial charge is 0.394 e. The molecule has 128 valence electrons. The van der Waals surface area contributed by atoms with E-state index in [4.69, 9.17) is 0 Å².